The van der Waals surface area contributed by atoms with Gasteiger partial charge in [0.1, 0.15) is 11.6 Å². The summed E-state index contributed by atoms with van der Waals surface area (Å²) in [5.41, 5.74) is -0.737. The van der Waals surface area contributed by atoms with Crippen LogP contribution in [0.15, 0.2) is 0 Å². The summed E-state index contributed by atoms with van der Waals surface area (Å²) in [7, 11) is 0. The number of cyclic esters (lactones) is 1. The first-order chi connectivity index (χ1) is 10.5. The van der Waals surface area contributed by atoms with Crippen LogP contribution in [-0.4, -0.2) is 64.5 Å². The number of carbonyl (C=O) groups is 2. The summed E-state index contributed by atoms with van der Waals surface area (Å²) in [6.45, 7) is 5.14. The molecule has 2 bridgehead atoms. The van der Waals surface area contributed by atoms with Crippen molar-refractivity contribution in [2.24, 2.45) is 0 Å². The maximum absolute atomic E-state index is 13.2. The molecule has 0 aliphatic carbocycles. The van der Waals surface area contributed by atoms with E-state index in [-0.39, 0.29) is 12.6 Å². The summed E-state index contributed by atoms with van der Waals surface area (Å²) in [4.78, 5) is 26.6. The van der Waals surface area contributed by atoms with Crippen LogP contribution >= 0.6 is 0 Å². The standard InChI is InChI=1S/C14H19F3N2O4/c1-13(2,3)23-12(21)19-7-4-5-8(19)9-10(14(15,16)17)22-11(20)18(9)6-7/h7-10H,4-6H2,1-3H3/t7-,8+,9-,10+/m0/s1. The van der Waals surface area contributed by atoms with Gasteiger partial charge in [-0.25, -0.2) is 9.59 Å². The second kappa shape index (κ2) is 4.91. The molecule has 0 saturated carbocycles. The maximum atomic E-state index is 13.2. The van der Waals surface area contributed by atoms with E-state index in [1.54, 1.807) is 20.8 Å². The first-order valence-electron chi connectivity index (χ1n) is 7.54. The Balaban J connectivity index is 1.88. The lowest BCUT2D eigenvalue weighted by molar-refractivity contribution is -0.206. The fourth-order valence-corrected chi connectivity index (χ4v) is 3.65. The zero-order chi connectivity index (χ0) is 17.2. The van der Waals surface area contributed by atoms with Crippen LogP contribution in [0.4, 0.5) is 22.8 Å². The highest BCUT2D eigenvalue weighted by molar-refractivity contribution is 5.74. The van der Waals surface area contributed by atoms with E-state index < -0.39 is 42.2 Å². The Morgan fingerprint density at radius 2 is 1.91 bits per heavy atom. The summed E-state index contributed by atoms with van der Waals surface area (Å²) in [5, 5.41) is 0. The van der Waals surface area contributed by atoms with E-state index in [4.69, 9.17) is 4.74 Å². The summed E-state index contributed by atoms with van der Waals surface area (Å²) in [6.07, 6.45) is -7.51. The molecule has 3 saturated heterocycles. The number of carbonyl (C=O) groups excluding carboxylic acids is 2. The molecule has 0 aromatic carbocycles. The van der Waals surface area contributed by atoms with Crippen molar-refractivity contribution < 1.29 is 32.2 Å². The number of rotatable bonds is 0. The molecular weight excluding hydrogens is 317 g/mol. The van der Waals surface area contributed by atoms with Gasteiger partial charge in [0.15, 0.2) is 0 Å². The Morgan fingerprint density at radius 3 is 2.48 bits per heavy atom. The summed E-state index contributed by atoms with van der Waals surface area (Å²) in [5.74, 6) is 0. The lowest BCUT2D eigenvalue weighted by Gasteiger charge is -2.43. The van der Waals surface area contributed by atoms with Gasteiger partial charge in [-0.3, -0.25) is 9.80 Å². The van der Waals surface area contributed by atoms with Crippen LogP contribution in [0, 0.1) is 0 Å². The quantitative estimate of drug-likeness (QED) is 0.682. The number of amides is 2. The van der Waals surface area contributed by atoms with E-state index in [1.165, 1.54) is 4.90 Å². The number of fused-ring (bicyclic) bond motifs is 4. The molecule has 23 heavy (non-hydrogen) atoms. The van der Waals surface area contributed by atoms with Gasteiger partial charge in [0, 0.05) is 6.54 Å². The first kappa shape index (κ1) is 16.2. The Kier molecular flexibility index (Phi) is 3.46. The zero-order valence-corrected chi connectivity index (χ0v) is 13.1. The minimum absolute atomic E-state index is 0.0474. The van der Waals surface area contributed by atoms with E-state index in [0.717, 1.165) is 4.90 Å². The number of alkyl halides is 3. The van der Waals surface area contributed by atoms with Crippen LogP contribution in [0.3, 0.4) is 0 Å². The molecule has 2 amide bonds. The fraction of sp³-hybridized carbons (Fsp3) is 0.857. The molecule has 0 unspecified atom stereocenters. The zero-order valence-electron chi connectivity index (χ0n) is 13.1. The highest BCUT2D eigenvalue weighted by atomic mass is 19.4. The average molecular weight is 336 g/mol. The van der Waals surface area contributed by atoms with Gasteiger partial charge in [-0.2, -0.15) is 13.2 Å². The third kappa shape index (κ3) is 2.70. The molecule has 4 atom stereocenters. The van der Waals surface area contributed by atoms with Crippen LogP contribution in [0.5, 0.6) is 0 Å². The first-order valence-corrected chi connectivity index (χ1v) is 7.54. The second-order valence-corrected chi connectivity index (χ2v) is 7.18. The number of ether oxygens (including phenoxy) is 2. The van der Waals surface area contributed by atoms with Crippen molar-refractivity contribution >= 4 is 12.2 Å². The van der Waals surface area contributed by atoms with Crippen LogP contribution in [0.25, 0.3) is 0 Å². The molecule has 6 nitrogen and oxygen atoms in total. The third-order valence-electron chi connectivity index (χ3n) is 4.41. The lowest BCUT2D eigenvalue weighted by Crippen LogP contribution is -2.63. The second-order valence-electron chi connectivity index (χ2n) is 7.18. The summed E-state index contributed by atoms with van der Waals surface area (Å²) in [6, 6.07) is -2.26. The molecule has 9 heteroatoms. The minimum atomic E-state index is -4.66. The van der Waals surface area contributed by atoms with Crippen molar-refractivity contribution in [3.63, 3.8) is 0 Å². The van der Waals surface area contributed by atoms with Crippen LogP contribution in [0.1, 0.15) is 33.6 Å². The number of halogens is 3. The van der Waals surface area contributed by atoms with Gasteiger partial charge in [0.2, 0.25) is 6.10 Å². The lowest BCUT2D eigenvalue weighted by atomic mass is 9.98. The molecule has 3 heterocycles. The predicted molar refractivity (Wildman–Crippen MR) is 71.7 cm³/mol. The monoisotopic (exact) mass is 336 g/mol. The molecule has 0 spiro atoms. The molecule has 0 aromatic heterocycles. The van der Waals surface area contributed by atoms with Crippen molar-refractivity contribution in [3.05, 3.63) is 0 Å². The molecule has 3 aliphatic heterocycles. The Hall–Kier alpha value is -1.67. The van der Waals surface area contributed by atoms with Crippen molar-refractivity contribution in [2.75, 3.05) is 6.54 Å². The summed E-state index contributed by atoms with van der Waals surface area (Å²) < 4.78 is 49.4. The summed E-state index contributed by atoms with van der Waals surface area (Å²) >= 11 is 0. The maximum Gasteiger partial charge on any atom is 0.427 e. The number of nitrogens with zero attached hydrogens (tertiary/aromatic N) is 2. The molecule has 130 valence electrons. The van der Waals surface area contributed by atoms with Crippen molar-refractivity contribution in [1.29, 1.82) is 0 Å². The number of hydrogen-bond acceptors (Lipinski definition) is 4. The smallest absolute Gasteiger partial charge is 0.427 e. The van der Waals surface area contributed by atoms with E-state index in [1.807, 2.05) is 0 Å². The molecule has 3 fully saturated rings. The van der Waals surface area contributed by atoms with Gasteiger partial charge >= 0.3 is 18.4 Å². The van der Waals surface area contributed by atoms with E-state index in [0.29, 0.717) is 12.8 Å². The van der Waals surface area contributed by atoms with Gasteiger partial charge in [0.25, 0.3) is 0 Å². The highest BCUT2D eigenvalue weighted by Crippen LogP contribution is 2.44. The van der Waals surface area contributed by atoms with Gasteiger partial charge in [-0.05, 0) is 33.6 Å². The van der Waals surface area contributed by atoms with Crippen molar-refractivity contribution in [2.45, 2.75) is 69.6 Å². The normalized spacial score (nSPS) is 33.6. The molecule has 3 rings (SSSR count). The fourth-order valence-electron chi connectivity index (χ4n) is 3.65. The average Bonchev–Trinajstić information content (AvgIpc) is 2.86. The van der Waals surface area contributed by atoms with Crippen LogP contribution < -0.4 is 0 Å². The SMILES string of the molecule is CC(C)(C)OC(=O)N1[C@H]2CC[C@@H]1[C@H]1[C@H](C(F)(F)F)OC(=O)N1C2. The largest absolute Gasteiger partial charge is 0.444 e. The molecule has 3 aliphatic rings. The van der Waals surface area contributed by atoms with Gasteiger partial charge in [0.05, 0.1) is 12.1 Å². The van der Waals surface area contributed by atoms with E-state index in [2.05, 4.69) is 4.74 Å². The number of hydrogen-bond donors (Lipinski definition) is 0. The predicted octanol–water partition coefficient (Wildman–Crippen LogP) is 2.52. The molecule has 0 N–H and O–H groups in total. The van der Waals surface area contributed by atoms with Gasteiger partial charge in [-0.1, -0.05) is 0 Å². The van der Waals surface area contributed by atoms with Gasteiger partial charge < -0.3 is 9.47 Å². The van der Waals surface area contributed by atoms with E-state index >= 15 is 0 Å². The topological polar surface area (TPSA) is 59.1 Å². The Bertz CT molecular complexity index is 531. The van der Waals surface area contributed by atoms with Crippen molar-refractivity contribution in [3.8, 4) is 0 Å². The third-order valence-corrected chi connectivity index (χ3v) is 4.41. The Morgan fingerprint density at radius 1 is 1.26 bits per heavy atom. The van der Waals surface area contributed by atoms with Crippen molar-refractivity contribution in [1.82, 2.24) is 9.80 Å². The minimum Gasteiger partial charge on any atom is -0.444 e. The van der Waals surface area contributed by atoms with Crippen LogP contribution in [0.2, 0.25) is 0 Å². The Labute approximate surface area is 131 Å². The number of piperazine rings is 1. The highest BCUT2D eigenvalue weighted by Gasteiger charge is 2.64. The van der Waals surface area contributed by atoms with E-state index in [9.17, 15) is 22.8 Å². The molecular formula is C14H19F3N2O4. The molecule has 0 aromatic rings. The molecule has 0 radical (unpaired) electrons. The van der Waals surface area contributed by atoms with Crippen LogP contribution in [-0.2, 0) is 9.47 Å². The van der Waals surface area contributed by atoms with Gasteiger partial charge in [-0.15, -0.1) is 0 Å².